The minimum Gasteiger partial charge on any atom is -0.380 e. The Balaban J connectivity index is 1.89. The van der Waals surface area contributed by atoms with Gasteiger partial charge in [0.1, 0.15) is 0 Å². The van der Waals surface area contributed by atoms with E-state index in [-0.39, 0.29) is 0 Å². The fourth-order valence-corrected chi connectivity index (χ4v) is 2.34. The molecule has 2 aliphatic rings. The van der Waals surface area contributed by atoms with E-state index in [4.69, 9.17) is 4.74 Å². The average molecular weight is 246 g/mol. The number of carbonyl (C=O) groups excluding carboxylic acids is 2. The van der Waals surface area contributed by atoms with E-state index in [0.29, 0.717) is 17.9 Å². The maximum absolute atomic E-state index is 11.5. The van der Waals surface area contributed by atoms with Gasteiger partial charge in [0, 0.05) is 25.4 Å². The van der Waals surface area contributed by atoms with E-state index >= 15 is 0 Å². The Hall–Kier alpha value is -1.88. The molecular formula is C13H14N2O3. The molecule has 1 N–H and O–H groups in total. The van der Waals surface area contributed by atoms with Crippen molar-refractivity contribution < 1.29 is 14.3 Å². The summed E-state index contributed by atoms with van der Waals surface area (Å²) in [4.78, 5) is 25.0. The molecule has 0 aromatic heterocycles. The monoisotopic (exact) mass is 246 g/mol. The number of ether oxygens (including phenoxy) is 1. The second-order valence-electron chi connectivity index (χ2n) is 4.47. The number of carbonyl (C=O) groups is 2. The molecule has 2 aliphatic heterocycles. The molecule has 0 radical (unpaired) electrons. The highest BCUT2D eigenvalue weighted by molar-refractivity contribution is 6.51. The van der Waals surface area contributed by atoms with Gasteiger partial charge in [0.25, 0.3) is 11.7 Å². The molecule has 1 aromatic rings. The summed E-state index contributed by atoms with van der Waals surface area (Å²) in [5.41, 5.74) is 2.11. The zero-order valence-electron chi connectivity index (χ0n) is 9.94. The molecule has 3 rings (SSSR count). The van der Waals surface area contributed by atoms with Gasteiger partial charge in [0.15, 0.2) is 0 Å². The summed E-state index contributed by atoms with van der Waals surface area (Å²) in [7, 11) is 0. The third-order valence-electron chi connectivity index (χ3n) is 3.29. The maximum atomic E-state index is 11.5. The molecule has 1 amide bonds. The number of rotatable bonds is 1. The highest BCUT2D eigenvalue weighted by atomic mass is 16.5. The molecule has 0 atom stereocenters. The summed E-state index contributed by atoms with van der Waals surface area (Å²) in [6, 6.07) is 5.47. The van der Waals surface area contributed by atoms with Crippen LogP contribution in [0.2, 0.25) is 0 Å². The van der Waals surface area contributed by atoms with E-state index < -0.39 is 11.7 Å². The summed E-state index contributed by atoms with van der Waals surface area (Å²) in [6.45, 7) is 3.26. The van der Waals surface area contributed by atoms with Gasteiger partial charge in [-0.15, -0.1) is 0 Å². The van der Waals surface area contributed by atoms with Crippen LogP contribution < -0.4 is 10.2 Å². The van der Waals surface area contributed by atoms with E-state index in [2.05, 4.69) is 10.2 Å². The predicted octanol–water partition coefficient (Wildman–Crippen LogP) is 1.05. The average Bonchev–Trinajstić information content (AvgIpc) is 2.61. The molecule has 2 heterocycles. The van der Waals surface area contributed by atoms with E-state index in [0.717, 1.165) is 31.8 Å². The lowest BCUT2D eigenvalue weighted by Crippen LogP contribution is -2.25. The number of ketones is 1. The first-order chi connectivity index (χ1) is 8.75. The Kier molecular flexibility index (Phi) is 2.76. The maximum Gasteiger partial charge on any atom is 0.296 e. The number of Topliss-reactive ketones (excluding diaryl/α,β-unsaturated/α-hetero) is 1. The van der Waals surface area contributed by atoms with Gasteiger partial charge in [-0.3, -0.25) is 9.59 Å². The predicted molar refractivity (Wildman–Crippen MR) is 67.1 cm³/mol. The van der Waals surface area contributed by atoms with Crippen LogP contribution in [0.1, 0.15) is 16.8 Å². The first kappa shape index (κ1) is 11.2. The molecule has 1 fully saturated rings. The smallest absolute Gasteiger partial charge is 0.296 e. The highest BCUT2D eigenvalue weighted by Gasteiger charge is 2.28. The largest absolute Gasteiger partial charge is 0.380 e. The van der Waals surface area contributed by atoms with E-state index in [1.807, 2.05) is 12.1 Å². The van der Waals surface area contributed by atoms with E-state index in [9.17, 15) is 9.59 Å². The van der Waals surface area contributed by atoms with Crippen molar-refractivity contribution in [2.45, 2.75) is 6.42 Å². The van der Waals surface area contributed by atoms with Gasteiger partial charge in [0.05, 0.1) is 17.9 Å². The Labute approximate surface area is 105 Å². The second-order valence-corrected chi connectivity index (χ2v) is 4.47. The van der Waals surface area contributed by atoms with Gasteiger partial charge in [-0.2, -0.15) is 0 Å². The van der Waals surface area contributed by atoms with Crippen molar-refractivity contribution in [3.05, 3.63) is 23.8 Å². The van der Waals surface area contributed by atoms with E-state index in [1.54, 1.807) is 6.07 Å². The molecule has 1 saturated heterocycles. The first-order valence-corrected chi connectivity index (χ1v) is 6.08. The summed E-state index contributed by atoms with van der Waals surface area (Å²) in [6.07, 6.45) is 0.988. The lowest BCUT2D eigenvalue weighted by molar-refractivity contribution is -0.112. The molecule has 0 bridgehead atoms. The van der Waals surface area contributed by atoms with Crippen LogP contribution >= 0.6 is 0 Å². The topological polar surface area (TPSA) is 58.6 Å². The minimum absolute atomic E-state index is 0.448. The van der Waals surface area contributed by atoms with Crippen molar-refractivity contribution in [1.29, 1.82) is 0 Å². The Bertz CT molecular complexity index is 505. The van der Waals surface area contributed by atoms with Gasteiger partial charge >= 0.3 is 0 Å². The normalized spacial score (nSPS) is 19.4. The number of anilines is 2. The first-order valence-electron chi connectivity index (χ1n) is 6.08. The van der Waals surface area contributed by atoms with Crippen LogP contribution in [0.15, 0.2) is 18.2 Å². The standard InChI is InChI=1S/C13H14N2O3/c16-12-10-3-2-9(8-11(10)14-13(12)17)15-4-1-6-18-7-5-15/h2-3,8H,1,4-7H2,(H,14,16,17). The number of hydrogen-bond acceptors (Lipinski definition) is 4. The van der Waals surface area contributed by atoms with Crippen molar-refractivity contribution in [3.63, 3.8) is 0 Å². The third kappa shape index (κ3) is 1.86. The number of benzene rings is 1. The molecule has 18 heavy (non-hydrogen) atoms. The van der Waals surface area contributed by atoms with Gasteiger partial charge in [0.2, 0.25) is 0 Å². The van der Waals surface area contributed by atoms with Crippen LogP contribution in [0, 0.1) is 0 Å². The molecule has 94 valence electrons. The number of amides is 1. The number of fused-ring (bicyclic) bond motifs is 1. The quantitative estimate of drug-likeness (QED) is 0.752. The minimum atomic E-state index is -0.540. The van der Waals surface area contributed by atoms with Crippen LogP contribution in [0.3, 0.4) is 0 Å². The summed E-state index contributed by atoms with van der Waals surface area (Å²) >= 11 is 0. The molecule has 0 spiro atoms. The SMILES string of the molecule is O=C1Nc2cc(N3CCCOCC3)ccc2C1=O. The van der Waals surface area contributed by atoms with Crippen molar-refractivity contribution >= 4 is 23.1 Å². The van der Waals surface area contributed by atoms with Crippen LogP contribution in [0.25, 0.3) is 0 Å². The highest BCUT2D eigenvalue weighted by Crippen LogP contribution is 2.28. The lowest BCUT2D eigenvalue weighted by Gasteiger charge is -2.22. The van der Waals surface area contributed by atoms with Gasteiger partial charge < -0.3 is 15.0 Å². The summed E-state index contributed by atoms with van der Waals surface area (Å²) < 4.78 is 5.41. The lowest BCUT2D eigenvalue weighted by atomic mass is 10.1. The summed E-state index contributed by atoms with van der Waals surface area (Å²) in [5.74, 6) is -0.989. The van der Waals surface area contributed by atoms with Crippen molar-refractivity contribution in [3.8, 4) is 0 Å². The molecule has 0 aliphatic carbocycles. The van der Waals surface area contributed by atoms with Crippen molar-refractivity contribution in [2.24, 2.45) is 0 Å². The molecular weight excluding hydrogens is 232 g/mol. The molecule has 1 aromatic carbocycles. The van der Waals surface area contributed by atoms with Crippen LogP contribution in [0.5, 0.6) is 0 Å². The Morgan fingerprint density at radius 3 is 2.94 bits per heavy atom. The number of hydrogen-bond donors (Lipinski definition) is 1. The second kappa shape index (κ2) is 4.42. The Morgan fingerprint density at radius 1 is 1.17 bits per heavy atom. The zero-order valence-corrected chi connectivity index (χ0v) is 9.94. The Morgan fingerprint density at radius 2 is 2.06 bits per heavy atom. The molecule has 5 nitrogen and oxygen atoms in total. The van der Waals surface area contributed by atoms with Crippen molar-refractivity contribution in [2.75, 3.05) is 36.5 Å². The number of nitrogens with one attached hydrogen (secondary N) is 1. The van der Waals surface area contributed by atoms with Gasteiger partial charge in [-0.05, 0) is 24.6 Å². The zero-order chi connectivity index (χ0) is 12.5. The van der Waals surface area contributed by atoms with Crippen LogP contribution in [0.4, 0.5) is 11.4 Å². The fourth-order valence-electron chi connectivity index (χ4n) is 2.34. The van der Waals surface area contributed by atoms with Gasteiger partial charge in [-0.1, -0.05) is 0 Å². The summed E-state index contributed by atoms with van der Waals surface area (Å²) in [5, 5.41) is 2.60. The van der Waals surface area contributed by atoms with E-state index in [1.165, 1.54) is 0 Å². The van der Waals surface area contributed by atoms with Crippen LogP contribution in [-0.2, 0) is 9.53 Å². The van der Waals surface area contributed by atoms with Gasteiger partial charge in [-0.25, -0.2) is 0 Å². The molecule has 0 saturated carbocycles. The van der Waals surface area contributed by atoms with Crippen LogP contribution in [-0.4, -0.2) is 38.0 Å². The van der Waals surface area contributed by atoms with Crippen molar-refractivity contribution in [1.82, 2.24) is 0 Å². The fraction of sp³-hybridized carbons (Fsp3) is 0.385. The molecule has 5 heteroatoms. The third-order valence-corrected chi connectivity index (χ3v) is 3.29. The number of nitrogens with zero attached hydrogens (tertiary/aromatic N) is 1. The molecule has 0 unspecified atom stereocenters.